The quantitative estimate of drug-likeness (QED) is 0.597. The lowest BCUT2D eigenvalue weighted by Crippen LogP contribution is -2.16. The summed E-state index contributed by atoms with van der Waals surface area (Å²) in [6.45, 7) is 0. The summed E-state index contributed by atoms with van der Waals surface area (Å²) in [5.41, 5.74) is 0.913. The van der Waals surface area contributed by atoms with E-state index in [0.29, 0.717) is 4.90 Å². The van der Waals surface area contributed by atoms with E-state index in [1.807, 2.05) is 0 Å². The molecule has 0 aliphatic carbocycles. The molecule has 1 aliphatic heterocycles. The molecule has 0 amide bonds. The molecule has 4 heteroatoms. The first-order valence-electron chi connectivity index (χ1n) is 3.86. The first-order valence-corrected chi connectivity index (χ1v) is 5.51. The lowest BCUT2D eigenvalue weighted by atomic mass is 10.1. The van der Waals surface area contributed by atoms with E-state index < -0.39 is 9.84 Å². The first kappa shape index (κ1) is 7.73. The first-order chi connectivity index (χ1) is 5.70. The maximum absolute atomic E-state index is 11.4. The van der Waals surface area contributed by atoms with Crippen molar-refractivity contribution in [3.05, 3.63) is 24.0 Å². The van der Waals surface area contributed by atoms with Gasteiger partial charge in [0.15, 0.2) is 9.84 Å². The zero-order valence-electron chi connectivity index (χ0n) is 6.53. The molecule has 1 aromatic heterocycles. The fourth-order valence-electron chi connectivity index (χ4n) is 1.46. The van der Waals surface area contributed by atoms with Gasteiger partial charge in [-0.3, -0.25) is 4.98 Å². The van der Waals surface area contributed by atoms with Gasteiger partial charge in [-0.1, -0.05) is 0 Å². The van der Waals surface area contributed by atoms with Crippen LogP contribution in [0.2, 0.25) is 0 Å². The Morgan fingerprint density at radius 3 is 3.00 bits per heavy atom. The molecule has 0 spiro atoms. The highest BCUT2D eigenvalue weighted by atomic mass is 32.2. The van der Waals surface area contributed by atoms with E-state index in [1.165, 1.54) is 6.20 Å². The normalized spacial score (nSPS) is 20.0. The Balaban J connectivity index is 2.67. The van der Waals surface area contributed by atoms with Crippen LogP contribution in [-0.4, -0.2) is 19.2 Å². The molecule has 3 nitrogen and oxygen atoms in total. The molecule has 2 heterocycles. The van der Waals surface area contributed by atoms with Crippen molar-refractivity contribution in [1.82, 2.24) is 4.98 Å². The summed E-state index contributed by atoms with van der Waals surface area (Å²) in [6, 6.07) is 1.78. The van der Waals surface area contributed by atoms with Crippen molar-refractivity contribution in [2.45, 2.75) is 17.7 Å². The molecule has 0 atom stereocenters. The second-order valence-corrected chi connectivity index (χ2v) is 4.98. The van der Waals surface area contributed by atoms with Crippen LogP contribution < -0.4 is 0 Å². The van der Waals surface area contributed by atoms with Crippen molar-refractivity contribution in [3.63, 3.8) is 0 Å². The Bertz CT molecular complexity index is 397. The topological polar surface area (TPSA) is 47.0 Å². The van der Waals surface area contributed by atoms with Gasteiger partial charge in [0.05, 0.1) is 10.6 Å². The minimum Gasteiger partial charge on any atom is -0.263 e. The van der Waals surface area contributed by atoms with Gasteiger partial charge < -0.3 is 0 Å². The Labute approximate surface area is 71.4 Å². The molecule has 0 radical (unpaired) electrons. The van der Waals surface area contributed by atoms with E-state index in [9.17, 15) is 8.42 Å². The number of aromatic nitrogens is 1. The van der Waals surface area contributed by atoms with Crippen LogP contribution in [0.3, 0.4) is 0 Å². The van der Waals surface area contributed by atoms with E-state index in [2.05, 4.69) is 4.98 Å². The summed E-state index contributed by atoms with van der Waals surface area (Å²) in [7, 11) is -3.00. The van der Waals surface area contributed by atoms with Gasteiger partial charge >= 0.3 is 0 Å². The predicted molar refractivity (Wildman–Crippen MR) is 44.6 cm³/mol. The van der Waals surface area contributed by atoms with Crippen molar-refractivity contribution < 1.29 is 8.42 Å². The number of nitrogens with zero attached hydrogens (tertiary/aromatic N) is 1. The summed E-state index contributed by atoms with van der Waals surface area (Å²) < 4.78 is 22.9. The van der Waals surface area contributed by atoms with Gasteiger partial charge in [0, 0.05) is 12.4 Å². The predicted octanol–water partition coefficient (Wildman–Crippen LogP) is 0.802. The molecule has 2 rings (SSSR count). The second-order valence-electron chi connectivity index (χ2n) is 2.91. The van der Waals surface area contributed by atoms with Crippen LogP contribution in [0.4, 0.5) is 0 Å². The number of hydrogen-bond donors (Lipinski definition) is 0. The third kappa shape index (κ3) is 1.12. The Morgan fingerprint density at radius 2 is 2.25 bits per heavy atom. The largest absolute Gasteiger partial charge is 0.263 e. The van der Waals surface area contributed by atoms with Crippen LogP contribution in [0.25, 0.3) is 0 Å². The fraction of sp³-hybridized carbons (Fsp3) is 0.375. The molecule has 0 saturated heterocycles. The average Bonchev–Trinajstić information content (AvgIpc) is 2.04. The highest BCUT2D eigenvalue weighted by molar-refractivity contribution is 7.91. The third-order valence-electron chi connectivity index (χ3n) is 2.06. The molecule has 0 bridgehead atoms. The number of pyridine rings is 1. The molecular weight excluding hydrogens is 174 g/mol. The van der Waals surface area contributed by atoms with Crippen LogP contribution in [0, 0.1) is 0 Å². The monoisotopic (exact) mass is 183 g/mol. The Hall–Kier alpha value is -0.900. The van der Waals surface area contributed by atoms with E-state index in [1.54, 1.807) is 12.3 Å². The highest BCUT2D eigenvalue weighted by Crippen LogP contribution is 2.22. The molecule has 0 unspecified atom stereocenters. The van der Waals surface area contributed by atoms with Gasteiger partial charge in [0.2, 0.25) is 0 Å². The van der Waals surface area contributed by atoms with Crippen molar-refractivity contribution in [2.24, 2.45) is 0 Å². The number of hydrogen-bond acceptors (Lipinski definition) is 3. The van der Waals surface area contributed by atoms with Crippen LogP contribution in [-0.2, 0) is 16.3 Å². The van der Waals surface area contributed by atoms with Crippen LogP contribution >= 0.6 is 0 Å². The summed E-state index contributed by atoms with van der Waals surface area (Å²) in [6.07, 6.45) is 4.68. The highest BCUT2D eigenvalue weighted by Gasteiger charge is 2.22. The van der Waals surface area contributed by atoms with Crippen LogP contribution in [0.1, 0.15) is 12.0 Å². The van der Waals surface area contributed by atoms with E-state index in [4.69, 9.17) is 0 Å². The fourth-order valence-corrected chi connectivity index (χ4v) is 2.99. The van der Waals surface area contributed by atoms with Gasteiger partial charge in [0.25, 0.3) is 0 Å². The summed E-state index contributed by atoms with van der Waals surface area (Å²) >= 11 is 0. The Morgan fingerprint density at radius 1 is 1.42 bits per heavy atom. The van der Waals surface area contributed by atoms with Gasteiger partial charge in [-0.15, -0.1) is 0 Å². The zero-order chi connectivity index (χ0) is 8.60. The molecule has 0 aromatic carbocycles. The van der Waals surface area contributed by atoms with E-state index >= 15 is 0 Å². The van der Waals surface area contributed by atoms with Gasteiger partial charge in [-0.05, 0) is 24.5 Å². The van der Waals surface area contributed by atoms with Gasteiger partial charge in [-0.2, -0.15) is 0 Å². The molecule has 1 aromatic rings. The zero-order valence-corrected chi connectivity index (χ0v) is 7.34. The lowest BCUT2D eigenvalue weighted by Gasteiger charge is -2.14. The van der Waals surface area contributed by atoms with Gasteiger partial charge in [-0.25, -0.2) is 8.42 Å². The minimum absolute atomic E-state index is 0.270. The molecule has 12 heavy (non-hydrogen) atoms. The Kier molecular flexibility index (Phi) is 1.65. The van der Waals surface area contributed by atoms with Crippen molar-refractivity contribution in [3.8, 4) is 0 Å². The molecular formula is C8H9NO2S. The third-order valence-corrected chi connectivity index (χ3v) is 3.93. The van der Waals surface area contributed by atoms with Crippen LogP contribution in [0.5, 0.6) is 0 Å². The van der Waals surface area contributed by atoms with Crippen molar-refractivity contribution >= 4 is 9.84 Å². The summed E-state index contributed by atoms with van der Waals surface area (Å²) in [4.78, 5) is 4.24. The molecule has 0 N–H and O–H groups in total. The standard InChI is InChI=1S/C8H9NO2S/c10-12(11)5-1-2-7-3-4-9-6-8(7)12/h3-4,6H,1-2,5H2. The molecule has 1 aliphatic rings. The average molecular weight is 183 g/mol. The number of rotatable bonds is 0. The van der Waals surface area contributed by atoms with Crippen LogP contribution in [0.15, 0.2) is 23.4 Å². The molecule has 0 saturated carbocycles. The number of fused-ring (bicyclic) bond motifs is 1. The van der Waals surface area contributed by atoms with E-state index in [0.717, 1.165) is 18.4 Å². The minimum atomic E-state index is -3.00. The maximum atomic E-state index is 11.4. The summed E-state index contributed by atoms with van der Waals surface area (Å²) in [5.74, 6) is 0.270. The molecule has 0 fully saturated rings. The maximum Gasteiger partial charge on any atom is 0.180 e. The SMILES string of the molecule is O=S1(=O)CCCc2ccncc21. The smallest absolute Gasteiger partial charge is 0.180 e. The summed E-state index contributed by atoms with van der Waals surface area (Å²) in [5, 5.41) is 0. The lowest BCUT2D eigenvalue weighted by molar-refractivity contribution is 0.586. The second kappa shape index (κ2) is 2.55. The number of aryl methyl sites for hydroxylation is 1. The molecule has 64 valence electrons. The van der Waals surface area contributed by atoms with Crippen molar-refractivity contribution in [2.75, 3.05) is 5.75 Å². The number of sulfone groups is 1. The van der Waals surface area contributed by atoms with Crippen molar-refractivity contribution in [1.29, 1.82) is 0 Å². The van der Waals surface area contributed by atoms with E-state index in [-0.39, 0.29) is 5.75 Å². The van der Waals surface area contributed by atoms with Gasteiger partial charge in [0.1, 0.15) is 0 Å².